The van der Waals surface area contributed by atoms with Crippen molar-refractivity contribution in [3.8, 4) is 11.5 Å². The summed E-state index contributed by atoms with van der Waals surface area (Å²) in [6, 6.07) is 12.9. The molecule has 0 spiro atoms. The number of hydrogen-bond acceptors (Lipinski definition) is 6. The van der Waals surface area contributed by atoms with Crippen LogP contribution in [0.25, 0.3) is 5.57 Å². The van der Waals surface area contributed by atoms with Crippen LogP contribution in [0.4, 0.5) is 11.4 Å². The van der Waals surface area contributed by atoms with Gasteiger partial charge < -0.3 is 19.7 Å². The molecule has 0 bridgehead atoms. The van der Waals surface area contributed by atoms with Crippen molar-refractivity contribution in [1.82, 2.24) is 4.90 Å². The number of hydrogen-bond donors (Lipinski definition) is 1. The van der Waals surface area contributed by atoms with Crippen LogP contribution in [-0.4, -0.2) is 51.6 Å². The van der Waals surface area contributed by atoms with Gasteiger partial charge in [0, 0.05) is 32.0 Å². The highest BCUT2D eigenvalue weighted by molar-refractivity contribution is 6.36. The Morgan fingerprint density at radius 3 is 2.13 bits per heavy atom. The van der Waals surface area contributed by atoms with Crippen molar-refractivity contribution in [2.24, 2.45) is 5.92 Å². The van der Waals surface area contributed by atoms with Gasteiger partial charge in [0.1, 0.15) is 5.70 Å². The van der Waals surface area contributed by atoms with Gasteiger partial charge in [-0.2, -0.15) is 0 Å². The SMILES string of the molecule is COc1ccc(C2=C(Nc3ccc(N(C)C)cc3)C(=O)N(CC(C)C)C2=O)cc1OC. The van der Waals surface area contributed by atoms with Crippen molar-refractivity contribution < 1.29 is 19.1 Å². The summed E-state index contributed by atoms with van der Waals surface area (Å²) < 4.78 is 10.7. The topological polar surface area (TPSA) is 71.1 Å². The van der Waals surface area contributed by atoms with E-state index in [1.54, 1.807) is 25.3 Å². The third-order valence-corrected chi connectivity index (χ3v) is 5.04. The van der Waals surface area contributed by atoms with Crippen LogP contribution >= 0.6 is 0 Å². The largest absolute Gasteiger partial charge is 0.493 e. The standard InChI is InChI=1S/C24H29N3O4/c1-15(2)14-27-23(28)21(16-7-12-19(30-5)20(13-16)31-6)22(24(27)29)25-17-8-10-18(11-9-17)26(3)4/h7-13,15,25H,14H2,1-6H3. The van der Waals surface area contributed by atoms with Crippen LogP contribution in [-0.2, 0) is 9.59 Å². The summed E-state index contributed by atoms with van der Waals surface area (Å²) in [5.41, 5.74) is 2.94. The van der Waals surface area contributed by atoms with Gasteiger partial charge in [0.2, 0.25) is 0 Å². The van der Waals surface area contributed by atoms with E-state index in [-0.39, 0.29) is 23.4 Å². The zero-order valence-corrected chi connectivity index (χ0v) is 18.9. The maximum absolute atomic E-state index is 13.3. The molecule has 31 heavy (non-hydrogen) atoms. The van der Waals surface area contributed by atoms with E-state index >= 15 is 0 Å². The van der Waals surface area contributed by atoms with E-state index in [2.05, 4.69) is 5.32 Å². The third kappa shape index (κ3) is 4.50. The molecule has 7 heteroatoms. The van der Waals surface area contributed by atoms with E-state index in [9.17, 15) is 9.59 Å². The summed E-state index contributed by atoms with van der Waals surface area (Å²) >= 11 is 0. The lowest BCUT2D eigenvalue weighted by atomic mass is 10.0. The molecule has 2 aromatic carbocycles. The number of methoxy groups -OCH3 is 2. The Bertz CT molecular complexity index is 1010. The Morgan fingerprint density at radius 2 is 1.58 bits per heavy atom. The number of imide groups is 1. The third-order valence-electron chi connectivity index (χ3n) is 5.04. The molecule has 0 radical (unpaired) electrons. The van der Waals surface area contributed by atoms with Gasteiger partial charge in [-0.05, 0) is 47.9 Å². The summed E-state index contributed by atoms with van der Waals surface area (Å²) in [5.74, 6) is 0.540. The van der Waals surface area contributed by atoms with Gasteiger partial charge in [0.05, 0.1) is 19.8 Å². The molecule has 0 aliphatic carbocycles. The minimum atomic E-state index is -0.333. The molecule has 1 aliphatic heterocycles. The van der Waals surface area contributed by atoms with Crippen molar-refractivity contribution in [1.29, 1.82) is 0 Å². The van der Waals surface area contributed by atoms with Gasteiger partial charge in [-0.25, -0.2) is 0 Å². The van der Waals surface area contributed by atoms with Gasteiger partial charge >= 0.3 is 0 Å². The monoisotopic (exact) mass is 423 g/mol. The number of nitrogens with zero attached hydrogens (tertiary/aromatic N) is 2. The zero-order valence-electron chi connectivity index (χ0n) is 18.9. The number of carbonyl (C=O) groups is 2. The predicted molar refractivity (Wildman–Crippen MR) is 122 cm³/mol. The average molecular weight is 424 g/mol. The molecule has 2 amide bonds. The molecular weight excluding hydrogens is 394 g/mol. The molecule has 1 N–H and O–H groups in total. The molecule has 7 nitrogen and oxygen atoms in total. The van der Waals surface area contributed by atoms with Crippen molar-refractivity contribution in [2.45, 2.75) is 13.8 Å². The van der Waals surface area contributed by atoms with Crippen molar-refractivity contribution >= 4 is 28.8 Å². The summed E-state index contributed by atoms with van der Waals surface area (Å²) in [4.78, 5) is 29.8. The normalized spacial score (nSPS) is 13.8. The quantitative estimate of drug-likeness (QED) is 0.654. The number of benzene rings is 2. The molecule has 164 valence electrons. The summed E-state index contributed by atoms with van der Waals surface area (Å²) in [6.07, 6.45) is 0. The van der Waals surface area contributed by atoms with Crippen LogP contribution in [0.2, 0.25) is 0 Å². The van der Waals surface area contributed by atoms with Crippen molar-refractivity contribution in [3.63, 3.8) is 0 Å². The summed E-state index contributed by atoms with van der Waals surface area (Å²) in [6.45, 7) is 4.29. The van der Waals surface area contributed by atoms with Crippen molar-refractivity contribution in [3.05, 3.63) is 53.7 Å². The van der Waals surface area contributed by atoms with Crippen LogP contribution in [0.15, 0.2) is 48.2 Å². The lowest BCUT2D eigenvalue weighted by molar-refractivity contribution is -0.137. The van der Waals surface area contributed by atoms with E-state index in [1.807, 2.05) is 57.1 Å². The maximum atomic E-state index is 13.3. The van der Waals surface area contributed by atoms with E-state index in [0.717, 1.165) is 11.4 Å². The highest BCUT2D eigenvalue weighted by atomic mass is 16.5. The molecule has 0 aromatic heterocycles. The summed E-state index contributed by atoms with van der Waals surface area (Å²) in [5, 5.41) is 3.18. The van der Waals surface area contributed by atoms with Crippen molar-refractivity contribution in [2.75, 3.05) is 45.1 Å². The van der Waals surface area contributed by atoms with E-state index < -0.39 is 0 Å². The number of nitrogens with one attached hydrogen (secondary N) is 1. The Hall–Kier alpha value is -3.48. The zero-order chi connectivity index (χ0) is 22.7. The lowest BCUT2D eigenvalue weighted by Crippen LogP contribution is -2.35. The van der Waals surface area contributed by atoms with Crippen LogP contribution in [0.5, 0.6) is 11.5 Å². The second kappa shape index (κ2) is 9.12. The number of rotatable bonds is 8. The molecule has 0 saturated carbocycles. The first-order valence-electron chi connectivity index (χ1n) is 10.1. The molecule has 1 aliphatic rings. The first-order valence-corrected chi connectivity index (χ1v) is 10.1. The van der Waals surface area contributed by atoms with E-state index in [1.165, 1.54) is 12.0 Å². The highest BCUT2D eigenvalue weighted by Gasteiger charge is 2.39. The number of carbonyl (C=O) groups excluding carboxylic acids is 2. The van der Waals surface area contributed by atoms with Crippen LogP contribution in [0.3, 0.4) is 0 Å². The van der Waals surface area contributed by atoms with Gasteiger partial charge in [-0.15, -0.1) is 0 Å². The molecule has 2 aromatic rings. The number of amides is 2. The number of anilines is 2. The van der Waals surface area contributed by atoms with Gasteiger partial charge in [0.25, 0.3) is 11.8 Å². The minimum Gasteiger partial charge on any atom is -0.493 e. The van der Waals surface area contributed by atoms with Gasteiger partial charge in [-0.1, -0.05) is 19.9 Å². The molecule has 3 rings (SSSR count). The Kier molecular flexibility index (Phi) is 6.53. The first-order chi connectivity index (χ1) is 14.8. The molecule has 1 heterocycles. The second-order valence-electron chi connectivity index (χ2n) is 8.00. The second-order valence-corrected chi connectivity index (χ2v) is 8.00. The molecule has 0 fully saturated rings. The Balaban J connectivity index is 2.07. The van der Waals surface area contributed by atoms with E-state index in [4.69, 9.17) is 9.47 Å². The van der Waals surface area contributed by atoms with Crippen LogP contribution in [0, 0.1) is 5.92 Å². The number of ether oxygens (including phenoxy) is 2. The first kappa shape index (κ1) is 22.2. The maximum Gasteiger partial charge on any atom is 0.278 e. The molecular formula is C24H29N3O4. The van der Waals surface area contributed by atoms with Gasteiger partial charge in [-0.3, -0.25) is 14.5 Å². The van der Waals surface area contributed by atoms with Gasteiger partial charge in [0.15, 0.2) is 11.5 Å². The fourth-order valence-electron chi connectivity index (χ4n) is 3.47. The molecule has 0 unspecified atom stereocenters. The highest BCUT2D eigenvalue weighted by Crippen LogP contribution is 2.36. The van der Waals surface area contributed by atoms with E-state index in [0.29, 0.717) is 29.2 Å². The Morgan fingerprint density at radius 1 is 0.935 bits per heavy atom. The smallest absolute Gasteiger partial charge is 0.278 e. The summed E-state index contributed by atoms with van der Waals surface area (Å²) in [7, 11) is 7.01. The molecule has 0 saturated heterocycles. The van der Waals surface area contributed by atoms with Crippen LogP contribution in [0.1, 0.15) is 19.4 Å². The predicted octanol–water partition coefficient (Wildman–Crippen LogP) is 3.62. The Labute approximate surface area is 183 Å². The minimum absolute atomic E-state index is 0.151. The van der Waals surface area contributed by atoms with Crippen LogP contribution < -0.4 is 19.7 Å². The average Bonchev–Trinajstić information content (AvgIpc) is 2.97. The fraction of sp³-hybridized carbons (Fsp3) is 0.333. The lowest BCUT2D eigenvalue weighted by Gasteiger charge is -2.17. The fourth-order valence-corrected chi connectivity index (χ4v) is 3.47. The molecule has 0 atom stereocenters.